The van der Waals surface area contributed by atoms with Crippen LogP contribution in [0, 0.1) is 0 Å². The number of anilines is 1. The van der Waals surface area contributed by atoms with Gasteiger partial charge in [-0.2, -0.15) is 0 Å². The Balaban J connectivity index is 1.92. The van der Waals surface area contributed by atoms with Crippen molar-refractivity contribution < 1.29 is 9.47 Å². The van der Waals surface area contributed by atoms with Gasteiger partial charge in [-0.25, -0.2) is 4.98 Å². The summed E-state index contributed by atoms with van der Waals surface area (Å²) in [7, 11) is 0. The highest BCUT2D eigenvalue weighted by Crippen LogP contribution is 2.24. The van der Waals surface area contributed by atoms with Crippen LogP contribution in [-0.4, -0.2) is 29.8 Å². The molecule has 0 amide bonds. The van der Waals surface area contributed by atoms with Gasteiger partial charge in [0.2, 0.25) is 0 Å². The highest BCUT2D eigenvalue weighted by atomic mass is 35.5. The quantitative estimate of drug-likeness (QED) is 0.861. The van der Waals surface area contributed by atoms with Crippen molar-refractivity contribution in [3.63, 3.8) is 0 Å². The fraction of sp³-hybridized carbons (Fsp3) is 0.688. The maximum absolute atomic E-state index is 6.21. The molecule has 0 aromatic carbocycles. The molecule has 1 aromatic rings. The summed E-state index contributed by atoms with van der Waals surface area (Å²) >= 11 is 6.21. The molecule has 5 heteroatoms. The normalized spacial score (nSPS) is 25.8. The van der Waals surface area contributed by atoms with E-state index >= 15 is 0 Å². The summed E-state index contributed by atoms with van der Waals surface area (Å²) in [5.74, 6) is 0.855. The molecule has 1 aliphatic rings. The maximum Gasteiger partial charge on any atom is 0.126 e. The summed E-state index contributed by atoms with van der Waals surface area (Å²) in [5.41, 5.74) is 0.796. The van der Waals surface area contributed by atoms with Crippen molar-refractivity contribution in [1.82, 2.24) is 4.98 Å². The molecule has 1 N–H and O–H groups in total. The first-order valence-corrected chi connectivity index (χ1v) is 8.12. The predicted molar refractivity (Wildman–Crippen MR) is 85.8 cm³/mol. The van der Waals surface area contributed by atoms with E-state index in [0.29, 0.717) is 11.6 Å². The minimum atomic E-state index is 0.217. The summed E-state index contributed by atoms with van der Waals surface area (Å²) in [4.78, 5) is 4.53. The van der Waals surface area contributed by atoms with Gasteiger partial charge in [-0.05, 0) is 45.2 Å². The van der Waals surface area contributed by atoms with Gasteiger partial charge in [0.1, 0.15) is 5.82 Å². The SMILES string of the molecule is CCCNc1ccc(Cl)c(COC2CC(C)OC(C)C2)n1. The number of pyridine rings is 1. The van der Waals surface area contributed by atoms with Gasteiger partial charge in [0.05, 0.1) is 35.6 Å². The molecule has 2 unspecified atom stereocenters. The lowest BCUT2D eigenvalue weighted by Gasteiger charge is -2.32. The van der Waals surface area contributed by atoms with Gasteiger partial charge in [0.25, 0.3) is 0 Å². The third-order valence-electron chi connectivity index (χ3n) is 3.58. The Labute approximate surface area is 132 Å². The van der Waals surface area contributed by atoms with Crippen molar-refractivity contribution in [1.29, 1.82) is 0 Å². The van der Waals surface area contributed by atoms with Crippen LogP contribution in [0.3, 0.4) is 0 Å². The molecule has 1 aromatic heterocycles. The van der Waals surface area contributed by atoms with Gasteiger partial charge < -0.3 is 14.8 Å². The Morgan fingerprint density at radius 1 is 1.33 bits per heavy atom. The fourth-order valence-corrected chi connectivity index (χ4v) is 2.77. The predicted octanol–water partition coefficient (Wildman–Crippen LogP) is 4.03. The second kappa shape index (κ2) is 7.97. The number of ether oxygens (including phenoxy) is 2. The van der Waals surface area contributed by atoms with E-state index in [1.807, 2.05) is 12.1 Å². The van der Waals surface area contributed by atoms with Crippen molar-refractivity contribution in [3.8, 4) is 0 Å². The Morgan fingerprint density at radius 3 is 2.71 bits per heavy atom. The second-order valence-electron chi connectivity index (χ2n) is 5.71. The first-order chi connectivity index (χ1) is 10.1. The summed E-state index contributed by atoms with van der Waals surface area (Å²) < 4.78 is 11.7. The smallest absolute Gasteiger partial charge is 0.126 e. The van der Waals surface area contributed by atoms with Gasteiger partial charge in [0, 0.05) is 6.54 Å². The van der Waals surface area contributed by atoms with Crippen LogP contribution in [0.1, 0.15) is 45.7 Å². The molecule has 2 atom stereocenters. The minimum Gasteiger partial charge on any atom is -0.375 e. The standard InChI is InChI=1S/C16H25ClN2O2/c1-4-7-18-16-6-5-14(17)15(19-16)10-20-13-8-11(2)21-12(3)9-13/h5-6,11-13H,4,7-10H2,1-3H3,(H,18,19). The summed E-state index contributed by atoms with van der Waals surface area (Å²) in [5, 5.41) is 3.93. The topological polar surface area (TPSA) is 43.4 Å². The molecular formula is C16H25ClN2O2. The summed E-state index contributed by atoms with van der Waals surface area (Å²) in [6, 6.07) is 3.78. The van der Waals surface area contributed by atoms with Gasteiger partial charge >= 0.3 is 0 Å². The average molecular weight is 313 g/mol. The molecule has 0 saturated carbocycles. The van der Waals surface area contributed by atoms with Crippen LogP contribution in [0.4, 0.5) is 5.82 Å². The molecule has 0 radical (unpaired) electrons. The molecule has 1 fully saturated rings. The van der Waals surface area contributed by atoms with E-state index in [-0.39, 0.29) is 18.3 Å². The molecule has 4 nitrogen and oxygen atoms in total. The molecule has 0 bridgehead atoms. The maximum atomic E-state index is 6.21. The van der Waals surface area contributed by atoms with Crippen molar-refractivity contribution in [3.05, 3.63) is 22.8 Å². The Bertz CT molecular complexity index is 446. The van der Waals surface area contributed by atoms with Crippen molar-refractivity contribution >= 4 is 17.4 Å². The lowest BCUT2D eigenvalue weighted by molar-refractivity contribution is -0.106. The van der Waals surface area contributed by atoms with Crippen LogP contribution in [0.25, 0.3) is 0 Å². The number of hydrogen-bond donors (Lipinski definition) is 1. The molecule has 0 spiro atoms. The minimum absolute atomic E-state index is 0.217. The van der Waals surface area contributed by atoms with Crippen LogP contribution >= 0.6 is 11.6 Å². The zero-order valence-electron chi connectivity index (χ0n) is 13.1. The van der Waals surface area contributed by atoms with Crippen LogP contribution < -0.4 is 5.32 Å². The molecular weight excluding hydrogens is 288 g/mol. The van der Waals surface area contributed by atoms with Crippen molar-refractivity contribution in [2.45, 2.75) is 65.0 Å². The third kappa shape index (κ3) is 5.13. The largest absolute Gasteiger partial charge is 0.375 e. The van der Waals surface area contributed by atoms with Crippen molar-refractivity contribution in [2.75, 3.05) is 11.9 Å². The number of nitrogens with one attached hydrogen (secondary N) is 1. The number of rotatable bonds is 6. The lowest BCUT2D eigenvalue weighted by atomic mass is 10.0. The first kappa shape index (κ1) is 16.5. The Morgan fingerprint density at radius 2 is 2.05 bits per heavy atom. The molecule has 2 heterocycles. The number of aromatic nitrogens is 1. The van der Waals surface area contributed by atoms with Gasteiger partial charge in [0.15, 0.2) is 0 Å². The number of nitrogens with zero attached hydrogens (tertiary/aromatic N) is 1. The van der Waals surface area contributed by atoms with E-state index in [0.717, 1.165) is 37.3 Å². The van der Waals surface area contributed by atoms with E-state index in [1.165, 1.54) is 0 Å². The van der Waals surface area contributed by atoms with E-state index < -0.39 is 0 Å². The zero-order chi connectivity index (χ0) is 15.2. The van der Waals surface area contributed by atoms with Gasteiger partial charge in [-0.15, -0.1) is 0 Å². The van der Waals surface area contributed by atoms with E-state index in [2.05, 4.69) is 31.1 Å². The molecule has 0 aliphatic carbocycles. The first-order valence-electron chi connectivity index (χ1n) is 7.74. The van der Waals surface area contributed by atoms with Gasteiger partial charge in [-0.3, -0.25) is 0 Å². The van der Waals surface area contributed by atoms with Crippen LogP contribution in [0.15, 0.2) is 12.1 Å². The highest BCUT2D eigenvalue weighted by Gasteiger charge is 2.25. The van der Waals surface area contributed by atoms with E-state index in [4.69, 9.17) is 21.1 Å². The fourth-order valence-electron chi connectivity index (χ4n) is 2.61. The van der Waals surface area contributed by atoms with Gasteiger partial charge in [-0.1, -0.05) is 18.5 Å². The number of halogens is 1. The third-order valence-corrected chi connectivity index (χ3v) is 3.93. The Kier molecular flexibility index (Phi) is 6.27. The molecule has 1 aliphatic heterocycles. The van der Waals surface area contributed by atoms with Crippen LogP contribution in [-0.2, 0) is 16.1 Å². The van der Waals surface area contributed by atoms with E-state index in [9.17, 15) is 0 Å². The summed E-state index contributed by atoms with van der Waals surface area (Å²) in [6.45, 7) is 7.66. The molecule has 1 saturated heterocycles. The molecule has 118 valence electrons. The second-order valence-corrected chi connectivity index (χ2v) is 6.12. The van der Waals surface area contributed by atoms with Crippen molar-refractivity contribution in [2.24, 2.45) is 0 Å². The monoisotopic (exact) mass is 312 g/mol. The molecule has 21 heavy (non-hydrogen) atoms. The lowest BCUT2D eigenvalue weighted by Crippen LogP contribution is -2.34. The van der Waals surface area contributed by atoms with Crippen LogP contribution in [0.5, 0.6) is 0 Å². The Hall–Kier alpha value is -0.840. The van der Waals surface area contributed by atoms with E-state index in [1.54, 1.807) is 0 Å². The zero-order valence-corrected chi connectivity index (χ0v) is 13.8. The highest BCUT2D eigenvalue weighted by molar-refractivity contribution is 6.31. The average Bonchev–Trinajstić information content (AvgIpc) is 2.44. The van der Waals surface area contributed by atoms with Crippen LogP contribution in [0.2, 0.25) is 5.02 Å². The summed E-state index contributed by atoms with van der Waals surface area (Å²) in [6.07, 6.45) is 3.63. The molecule has 2 rings (SSSR count). The number of hydrogen-bond acceptors (Lipinski definition) is 4.